The molecule has 0 spiro atoms. The average Bonchev–Trinajstić information content (AvgIpc) is 3.56. The number of halogens is 2. The molecule has 0 saturated heterocycles. The quantitative estimate of drug-likeness (QED) is 0.0604. The summed E-state index contributed by atoms with van der Waals surface area (Å²) in [4.78, 5) is 25.4. The first-order chi connectivity index (χ1) is 21.4. The third-order valence-electron chi connectivity index (χ3n) is 5.53. The van der Waals surface area contributed by atoms with E-state index < -0.39 is 0 Å². The van der Waals surface area contributed by atoms with E-state index in [1.165, 1.54) is 0 Å². The smallest absolute Gasteiger partial charge is 0.295 e. The molecule has 0 fully saturated rings. The zero-order valence-electron chi connectivity index (χ0n) is 23.2. The van der Waals surface area contributed by atoms with Gasteiger partial charge in [-0.1, -0.05) is 83.1 Å². The molecule has 0 atom stereocenters. The molecular formula is C32H26I2N8O2. The molecule has 0 unspecified atom stereocenters. The lowest BCUT2D eigenvalue weighted by Gasteiger charge is -2.02. The normalized spacial score (nSPS) is 9.48. The van der Waals surface area contributed by atoms with Gasteiger partial charge in [0.05, 0.1) is 11.9 Å². The molecule has 10 nitrogen and oxygen atoms in total. The highest BCUT2D eigenvalue weighted by atomic mass is 123. The summed E-state index contributed by atoms with van der Waals surface area (Å²) in [5.74, 6) is 1.37. The molecule has 0 radical (unpaired) electrons. The summed E-state index contributed by atoms with van der Waals surface area (Å²) in [5, 5.41) is 16.8. The van der Waals surface area contributed by atoms with Gasteiger partial charge >= 0.3 is 0 Å². The molecule has 1 aromatic heterocycles. The van der Waals surface area contributed by atoms with Crippen LogP contribution >= 0.6 is 45.2 Å². The summed E-state index contributed by atoms with van der Waals surface area (Å²) in [5.41, 5.74) is 12.0. The lowest BCUT2D eigenvalue weighted by molar-refractivity contribution is -0.115. The molecule has 0 aliphatic rings. The van der Waals surface area contributed by atoms with E-state index >= 15 is 0 Å². The van der Waals surface area contributed by atoms with E-state index in [0.717, 1.165) is 24.0 Å². The van der Waals surface area contributed by atoms with Crippen molar-refractivity contribution >= 4 is 62.7 Å². The zero-order chi connectivity index (χ0) is 31.6. The highest BCUT2D eigenvalue weighted by Crippen LogP contribution is 2.14. The number of hydrogen-bond donors (Lipinski definition) is 2. The van der Waals surface area contributed by atoms with Gasteiger partial charge in [-0.2, -0.15) is 0 Å². The van der Waals surface area contributed by atoms with Crippen LogP contribution in [0.3, 0.4) is 0 Å². The first-order valence-electron chi connectivity index (χ1n) is 13.0. The number of benzene rings is 4. The highest BCUT2D eigenvalue weighted by Gasteiger charge is 2.11. The van der Waals surface area contributed by atoms with Crippen LogP contribution < -0.4 is 10.6 Å². The van der Waals surface area contributed by atoms with Gasteiger partial charge < -0.3 is 10.6 Å². The van der Waals surface area contributed by atoms with Crippen molar-refractivity contribution in [1.82, 2.24) is 25.6 Å². The number of nitrogens with zero attached hydrogens (tertiary/aromatic N) is 6. The number of aromatic nitrogens is 3. The van der Waals surface area contributed by atoms with Crippen molar-refractivity contribution in [2.75, 3.05) is 0 Å². The summed E-state index contributed by atoms with van der Waals surface area (Å²) in [6.45, 7) is 0.958. The lowest BCUT2D eigenvalue weighted by Crippen LogP contribution is -2.23. The van der Waals surface area contributed by atoms with Crippen molar-refractivity contribution in [3.63, 3.8) is 0 Å². The summed E-state index contributed by atoms with van der Waals surface area (Å²) in [6, 6.07) is 34.5. The summed E-state index contributed by atoms with van der Waals surface area (Å²) in [6.07, 6.45) is 6.50. The van der Waals surface area contributed by atoms with Crippen molar-refractivity contribution in [1.29, 1.82) is 0 Å². The Morgan fingerprint density at radius 3 is 1.86 bits per heavy atom. The number of carbonyl (C=O) groups is 2. The Kier molecular flexibility index (Phi) is 14.4. The number of hydrogen-bond acceptors (Lipinski definition) is 5. The Morgan fingerprint density at radius 1 is 0.818 bits per heavy atom. The van der Waals surface area contributed by atoms with Gasteiger partial charge in [0.25, 0.3) is 11.8 Å². The number of carbonyl (C=O) groups excluding carboxylic acids is 2. The summed E-state index contributed by atoms with van der Waals surface area (Å²) >= 11 is 4.43. The first-order valence-corrected chi connectivity index (χ1v) is 15.1. The molecule has 220 valence electrons. The average molecular weight is 800 g/mol. The minimum Gasteiger partial charge on any atom is -0.347 e. The molecule has 4 aromatic carbocycles. The molecule has 0 aliphatic heterocycles. The fourth-order valence-corrected chi connectivity index (χ4v) is 4.06. The van der Waals surface area contributed by atoms with Gasteiger partial charge in [0.15, 0.2) is 5.69 Å². The molecule has 5 rings (SSSR count). The second-order valence-corrected chi connectivity index (χ2v) is 11.2. The van der Waals surface area contributed by atoms with E-state index in [4.69, 9.17) is 12.0 Å². The highest BCUT2D eigenvalue weighted by molar-refractivity contribution is 14.1. The van der Waals surface area contributed by atoms with Crippen LogP contribution in [0.5, 0.6) is 0 Å². The fraction of sp³-hybridized carbons (Fsp3) is 0.0625. The minimum absolute atomic E-state index is 0.236. The van der Waals surface area contributed by atoms with Gasteiger partial charge in [-0.25, -0.2) is 4.68 Å². The van der Waals surface area contributed by atoms with Crippen molar-refractivity contribution < 1.29 is 9.59 Å². The Morgan fingerprint density at radius 2 is 1.34 bits per heavy atom. The van der Waals surface area contributed by atoms with E-state index in [1.54, 1.807) is 23.0 Å². The largest absolute Gasteiger partial charge is 0.347 e. The molecule has 0 saturated carbocycles. The van der Waals surface area contributed by atoms with Crippen molar-refractivity contribution in [2.24, 2.45) is 5.11 Å². The topological polar surface area (TPSA) is 138 Å². The van der Waals surface area contributed by atoms with E-state index in [-0.39, 0.29) is 11.8 Å². The molecular weight excluding hydrogens is 774 g/mol. The van der Waals surface area contributed by atoms with Crippen molar-refractivity contribution in [2.45, 2.75) is 13.1 Å². The van der Waals surface area contributed by atoms with E-state index in [0.29, 0.717) is 24.5 Å². The molecule has 12 heteroatoms. The Balaban J connectivity index is 0.000000202. The molecule has 44 heavy (non-hydrogen) atoms. The van der Waals surface area contributed by atoms with Gasteiger partial charge in [-0.05, 0) is 104 Å². The predicted octanol–water partition coefficient (Wildman–Crippen LogP) is 6.97. The number of amides is 2. The predicted molar refractivity (Wildman–Crippen MR) is 187 cm³/mol. The second-order valence-electron chi connectivity index (χ2n) is 8.67. The van der Waals surface area contributed by atoms with Gasteiger partial charge in [0.1, 0.15) is 0 Å². The molecule has 0 aliphatic carbocycles. The summed E-state index contributed by atoms with van der Waals surface area (Å²) in [7, 11) is 0. The zero-order valence-corrected chi connectivity index (χ0v) is 27.5. The maximum absolute atomic E-state index is 12.1. The maximum atomic E-state index is 12.1. The molecule has 5 aromatic rings. The van der Waals surface area contributed by atoms with Crippen LogP contribution in [0, 0.1) is 19.5 Å². The Bertz CT molecular complexity index is 1710. The molecule has 2 N–H and O–H groups in total. The SMILES string of the molecule is C#CC(=O)NCc1ccccc1.O=C(NCc1ccccc1)c1cn(-c2ccc([123I])cc2)nn1.[N-]=[N+]=Nc1ccc([123I])cc1. The van der Waals surface area contributed by atoms with Crippen LogP contribution in [0.25, 0.3) is 16.1 Å². The molecule has 1 heterocycles. The van der Waals surface area contributed by atoms with Gasteiger partial charge in [0, 0.05) is 30.8 Å². The van der Waals surface area contributed by atoms with Gasteiger partial charge in [0.2, 0.25) is 0 Å². The van der Waals surface area contributed by atoms with Crippen LogP contribution in [0.1, 0.15) is 21.6 Å². The maximum Gasteiger partial charge on any atom is 0.295 e. The minimum atomic E-state index is -0.376. The first kappa shape index (κ1) is 33.8. The second kappa shape index (κ2) is 18.7. The van der Waals surface area contributed by atoms with E-state index in [1.807, 2.05) is 103 Å². The Labute approximate surface area is 282 Å². The standard InChI is InChI=1S/C16H13IN4O.C10H9NO.C6H4IN3/c17-13-6-8-14(9-7-13)21-11-15(19-20-21)16(22)18-10-12-4-2-1-3-5-12;1-2-10(12)11-8-9-6-4-3-5-7-9;7-5-1-3-6(4-2-5)9-10-8/h1-9,11H,10H2,(H,18,22);1,3-7H,8H2,(H,11,12);1-4H/i17-4;;7-4. The van der Waals surface area contributed by atoms with Crippen LogP contribution in [-0.2, 0) is 17.9 Å². The number of azide groups is 1. The third kappa shape index (κ3) is 12.3. The number of nitrogens with one attached hydrogen (secondary N) is 2. The van der Waals surface area contributed by atoms with Crippen molar-refractivity contribution in [3.05, 3.63) is 150 Å². The van der Waals surface area contributed by atoms with E-state index in [9.17, 15) is 9.59 Å². The Hall–Kier alpha value is -4.71. The number of terminal acetylenes is 1. The van der Waals surface area contributed by atoms with E-state index in [2.05, 4.69) is 76.2 Å². The number of rotatable bonds is 7. The summed E-state index contributed by atoms with van der Waals surface area (Å²) < 4.78 is 3.87. The van der Waals surface area contributed by atoms with Gasteiger partial charge in [-0.3, -0.25) is 9.59 Å². The van der Waals surface area contributed by atoms with Gasteiger partial charge in [-0.15, -0.1) is 11.5 Å². The fourth-order valence-electron chi connectivity index (χ4n) is 3.35. The molecule has 2 amide bonds. The van der Waals surface area contributed by atoms with Crippen LogP contribution in [0.15, 0.2) is 121 Å². The monoisotopic (exact) mass is 800 g/mol. The third-order valence-corrected chi connectivity index (χ3v) is 6.97. The van der Waals surface area contributed by atoms with Crippen LogP contribution in [0.4, 0.5) is 5.69 Å². The van der Waals surface area contributed by atoms with Crippen LogP contribution in [-0.4, -0.2) is 26.8 Å². The lowest BCUT2D eigenvalue weighted by atomic mass is 10.2. The van der Waals surface area contributed by atoms with Crippen molar-refractivity contribution in [3.8, 4) is 18.0 Å². The van der Waals surface area contributed by atoms with Crippen LogP contribution in [0.2, 0.25) is 0 Å². The molecule has 0 bridgehead atoms.